The molecule has 3 N–H and O–H groups in total. The Hall–Kier alpha value is -0.820. The number of aryl methyl sites for hydroxylation is 3. The first-order chi connectivity index (χ1) is 11.5. The molecular formula is C20H34IN3O. The van der Waals surface area contributed by atoms with Crippen LogP contribution >= 0.6 is 24.0 Å². The second-order valence-corrected chi connectivity index (χ2v) is 7.04. The first-order valence-corrected chi connectivity index (χ1v) is 9.29. The maximum atomic E-state index is 9.63. The normalized spacial score (nSPS) is 20.8. The number of nitrogens with zero attached hydrogens (tertiary/aromatic N) is 1. The molecule has 1 saturated carbocycles. The van der Waals surface area contributed by atoms with E-state index in [1.54, 1.807) is 0 Å². The van der Waals surface area contributed by atoms with Crippen molar-refractivity contribution in [1.29, 1.82) is 0 Å². The highest BCUT2D eigenvalue weighted by atomic mass is 127. The zero-order valence-electron chi connectivity index (χ0n) is 16.1. The van der Waals surface area contributed by atoms with Crippen LogP contribution in [0.15, 0.2) is 17.1 Å². The molecule has 0 spiro atoms. The highest BCUT2D eigenvalue weighted by Gasteiger charge is 2.19. The van der Waals surface area contributed by atoms with E-state index in [0.717, 1.165) is 51.2 Å². The summed E-state index contributed by atoms with van der Waals surface area (Å²) in [7, 11) is 0. The lowest BCUT2D eigenvalue weighted by molar-refractivity contribution is 0.120. The molecule has 25 heavy (non-hydrogen) atoms. The monoisotopic (exact) mass is 459 g/mol. The van der Waals surface area contributed by atoms with Crippen molar-refractivity contribution in [1.82, 2.24) is 10.6 Å². The number of aliphatic hydroxyl groups is 1. The van der Waals surface area contributed by atoms with Gasteiger partial charge in [0.25, 0.3) is 0 Å². The lowest BCUT2D eigenvalue weighted by Crippen LogP contribution is -2.45. The average Bonchev–Trinajstić information content (AvgIpc) is 2.52. The van der Waals surface area contributed by atoms with Gasteiger partial charge in [-0.15, -0.1) is 24.0 Å². The molecule has 0 bridgehead atoms. The van der Waals surface area contributed by atoms with Crippen LogP contribution in [0.25, 0.3) is 0 Å². The minimum absolute atomic E-state index is 0. The van der Waals surface area contributed by atoms with Crippen LogP contribution in [-0.4, -0.2) is 36.3 Å². The number of guanidine groups is 1. The van der Waals surface area contributed by atoms with E-state index in [1.165, 1.54) is 22.3 Å². The van der Waals surface area contributed by atoms with Crippen molar-refractivity contribution in [2.24, 2.45) is 4.99 Å². The highest BCUT2D eigenvalue weighted by molar-refractivity contribution is 14.0. The Balaban J connectivity index is 0.00000312. The van der Waals surface area contributed by atoms with Gasteiger partial charge in [0.05, 0.1) is 6.10 Å². The van der Waals surface area contributed by atoms with Gasteiger partial charge in [0.15, 0.2) is 5.96 Å². The first kappa shape index (κ1) is 22.2. The molecular weight excluding hydrogens is 425 g/mol. The summed E-state index contributed by atoms with van der Waals surface area (Å²) in [5.74, 6) is 0.904. The van der Waals surface area contributed by atoms with Crippen LogP contribution in [0.2, 0.25) is 0 Å². The Labute approximate surface area is 169 Å². The summed E-state index contributed by atoms with van der Waals surface area (Å²) in [6, 6.07) is 4.93. The summed E-state index contributed by atoms with van der Waals surface area (Å²) in [5.41, 5.74) is 5.47. The summed E-state index contributed by atoms with van der Waals surface area (Å²) in [6.07, 6.45) is 4.66. The molecule has 0 amide bonds. The molecule has 4 nitrogen and oxygen atoms in total. The van der Waals surface area contributed by atoms with Crippen molar-refractivity contribution in [3.8, 4) is 0 Å². The molecule has 1 aliphatic rings. The van der Waals surface area contributed by atoms with Gasteiger partial charge in [-0.25, -0.2) is 0 Å². The van der Waals surface area contributed by atoms with E-state index in [2.05, 4.69) is 50.5 Å². The molecule has 1 aromatic carbocycles. The first-order valence-electron chi connectivity index (χ1n) is 9.29. The number of aliphatic hydroxyl groups excluding tert-OH is 1. The van der Waals surface area contributed by atoms with Gasteiger partial charge in [-0.1, -0.05) is 17.7 Å². The molecule has 1 fully saturated rings. The van der Waals surface area contributed by atoms with Gasteiger partial charge in [0.1, 0.15) is 0 Å². The maximum absolute atomic E-state index is 9.63. The molecule has 2 rings (SSSR count). The predicted molar refractivity (Wildman–Crippen MR) is 117 cm³/mol. The molecule has 0 aromatic heterocycles. The highest BCUT2D eigenvalue weighted by Crippen LogP contribution is 2.18. The number of rotatable bonds is 5. The van der Waals surface area contributed by atoms with Crippen LogP contribution in [0.3, 0.4) is 0 Å². The van der Waals surface area contributed by atoms with Crippen LogP contribution in [0.1, 0.15) is 54.9 Å². The Morgan fingerprint density at radius 1 is 1.12 bits per heavy atom. The summed E-state index contributed by atoms with van der Waals surface area (Å²) < 4.78 is 0. The van der Waals surface area contributed by atoms with Crippen molar-refractivity contribution in [3.63, 3.8) is 0 Å². The molecule has 0 unspecified atom stereocenters. The minimum Gasteiger partial charge on any atom is -0.393 e. The van der Waals surface area contributed by atoms with Gasteiger partial charge in [-0.3, -0.25) is 4.99 Å². The van der Waals surface area contributed by atoms with Crippen molar-refractivity contribution >= 4 is 29.9 Å². The van der Waals surface area contributed by atoms with E-state index < -0.39 is 0 Å². The Kier molecular flexibility index (Phi) is 9.79. The molecule has 0 heterocycles. The van der Waals surface area contributed by atoms with Crippen LogP contribution in [-0.2, 0) is 6.42 Å². The zero-order valence-corrected chi connectivity index (χ0v) is 18.4. The average molecular weight is 459 g/mol. The quantitative estimate of drug-likeness (QED) is 0.358. The van der Waals surface area contributed by atoms with Gasteiger partial charge >= 0.3 is 0 Å². The molecule has 5 heteroatoms. The summed E-state index contributed by atoms with van der Waals surface area (Å²) >= 11 is 0. The number of halogens is 1. The maximum Gasteiger partial charge on any atom is 0.191 e. The van der Waals surface area contributed by atoms with Crippen molar-refractivity contribution < 1.29 is 5.11 Å². The van der Waals surface area contributed by atoms with E-state index in [9.17, 15) is 5.11 Å². The van der Waals surface area contributed by atoms with Gasteiger partial charge in [0, 0.05) is 19.1 Å². The third-order valence-corrected chi connectivity index (χ3v) is 4.85. The molecule has 0 aliphatic heterocycles. The van der Waals surface area contributed by atoms with E-state index in [0.29, 0.717) is 6.04 Å². The van der Waals surface area contributed by atoms with E-state index >= 15 is 0 Å². The molecule has 1 aliphatic carbocycles. The van der Waals surface area contributed by atoms with Gasteiger partial charge < -0.3 is 15.7 Å². The van der Waals surface area contributed by atoms with Crippen molar-refractivity contribution in [2.45, 2.75) is 71.9 Å². The number of benzene rings is 1. The number of hydrogen-bond donors (Lipinski definition) is 3. The molecule has 1 aromatic rings. The zero-order chi connectivity index (χ0) is 17.5. The number of hydrogen-bond acceptors (Lipinski definition) is 2. The Morgan fingerprint density at radius 3 is 2.28 bits per heavy atom. The lowest BCUT2D eigenvalue weighted by atomic mass is 9.93. The van der Waals surface area contributed by atoms with E-state index in [4.69, 9.17) is 4.99 Å². The summed E-state index contributed by atoms with van der Waals surface area (Å²) in [4.78, 5) is 4.76. The van der Waals surface area contributed by atoms with Crippen molar-refractivity contribution in [2.75, 3.05) is 13.1 Å². The second kappa shape index (κ2) is 11.0. The minimum atomic E-state index is -0.116. The largest absolute Gasteiger partial charge is 0.393 e. The van der Waals surface area contributed by atoms with Gasteiger partial charge in [0.2, 0.25) is 0 Å². The lowest BCUT2D eigenvalue weighted by Gasteiger charge is -2.27. The topological polar surface area (TPSA) is 56.7 Å². The molecule has 0 atom stereocenters. The second-order valence-electron chi connectivity index (χ2n) is 7.04. The fourth-order valence-corrected chi connectivity index (χ4v) is 3.62. The summed E-state index contributed by atoms with van der Waals surface area (Å²) in [6.45, 7) is 10.3. The van der Waals surface area contributed by atoms with Crippen LogP contribution in [0.4, 0.5) is 0 Å². The van der Waals surface area contributed by atoms with Crippen LogP contribution < -0.4 is 10.6 Å². The smallest absolute Gasteiger partial charge is 0.191 e. The molecule has 0 radical (unpaired) electrons. The number of nitrogens with one attached hydrogen (secondary N) is 2. The van der Waals surface area contributed by atoms with E-state index in [-0.39, 0.29) is 30.1 Å². The fraction of sp³-hybridized carbons (Fsp3) is 0.650. The predicted octanol–water partition coefficient (Wildman–Crippen LogP) is 3.63. The van der Waals surface area contributed by atoms with Crippen molar-refractivity contribution in [3.05, 3.63) is 34.4 Å². The SMILES string of the molecule is CCNC(=NCCc1c(C)cc(C)cc1C)NC1CCC(O)CC1.I. The summed E-state index contributed by atoms with van der Waals surface area (Å²) in [5, 5.41) is 16.5. The van der Waals surface area contributed by atoms with E-state index in [1.807, 2.05) is 0 Å². The third kappa shape index (κ3) is 7.13. The molecule has 0 saturated heterocycles. The van der Waals surface area contributed by atoms with Crippen LogP contribution in [0, 0.1) is 20.8 Å². The Bertz CT molecular complexity index is 543. The van der Waals surface area contributed by atoms with Crippen LogP contribution in [0.5, 0.6) is 0 Å². The van der Waals surface area contributed by atoms with Gasteiger partial charge in [-0.2, -0.15) is 0 Å². The molecule has 142 valence electrons. The Morgan fingerprint density at radius 2 is 1.72 bits per heavy atom. The third-order valence-electron chi connectivity index (χ3n) is 4.85. The fourth-order valence-electron chi connectivity index (χ4n) is 3.62. The van der Waals surface area contributed by atoms with Gasteiger partial charge in [-0.05, 0) is 76.5 Å². The standard InChI is InChI=1S/C20H33N3O.HI/c1-5-21-20(23-17-6-8-18(24)9-7-17)22-11-10-19-15(3)12-14(2)13-16(19)4;/h12-13,17-18,24H,5-11H2,1-4H3,(H2,21,22,23);1H. The number of aliphatic imine (C=N–C) groups is 1.